The molecule has 0 amide bonds. The van der Waals surface area contributed by atoms with E-state index in [1.165, 1.54) is 12.1 Å². The molecule has 114 valence electrons. The van der Waals surface area contributed by atoms with Crippen LogP contribution in [0.2, 0.25) is 0 Å². The molecule has 4 heteroatoms. The van der Waals surface area contributed by atoms with Crippen LogP contribution < -0.4 is 9.47 Å². The molecule has 3 nitrogen and oxygen atoms in total. The van der Waals surface area contributed by atoms with E-state index in [9.17, 15) is 9.65 Å². The molecule has 22 heavy (non-hydrogen) atoms. The summed E-state index contributed by atoms with van der Waals surface area (Å²) in [5.74, 6) is 0.812. The van der Waals surface area contributed by atoms with Crippen LogP contribution in [0.3, 0.4) is 0 Å². The Balaban J connectivity index is 1.87. The van der Waals surface area contributed by atoms with Gasteiger partial charge >= 0.3 is 0 Å². The molecule has 2 aromatic carbocycles. The zero-order valence-electron chi connectivity index (χ0n) is 12.5. The number of hydrogen-bond acceptors (Lipinski definition) is 3. The third-order valence-corrected chi connectivity index (χ3v) is 3.22. The first-order chi connectivity index (χ1) is 10.7. The molecule has 2 rings (SSSR count). The molecule has 0 aliphatic carbocycles. The van der Waals surface area contributed by atoms with Crippen LogP contribution in [0.1, 0.15) is 24.8 Å². The molecule has 2 aromatic rings. The number of rotatable bonds is 7. The number of benzene rings is 2. The van der Waals surface area contributed by atoms with Crippen LogP contribution in [-0.2, 0) is 0 Å². The van der Waals surface area contributed by atoms with Gasteiger partial charge in [0.2, 0.25) is 0 Å². The Bertz CT molecular complexity index is 634. The summed E-state index contributed by atoms with van der Waals surface area (Å²) in [6.07, 6.45) is 0.507. The predicted octanol–water partition coefficient (Wildman–Crippen LogP) is 4.30. The lowest BCUT2D eigenvalue weighted by molar-refractivity contribution is 0.304. The van der Waals surface area contributed by atoms with E-state index in [0.29, 0.717) is 25.2 Å². The minimum absolute atomic E-state index is 0.329. The van der Waals surface area contributed by atoms with Crippen LogP contribution >= 0.6 is 0 Å². The van der Waals surface area contributed by atoms with Gasteiger partial charge in [0.05, 0.1) is 25.2 Å². The summed E-state index contributed by atoms with van der Waals surface area (Å²) in [5.41, 5.74) is 0.679. The van der Waals surface area contributed by atoms with Crippen LogP contribution in [0.4, 0.5) is 4.39 Å². The Morgan fingerprint density at radius 3 is 2.36 bits per heavy atom. The monoisotopic (exact) mass is 299 g/mol. The zero-order chi connectivity index (χ0) is 15.8. The maximum atomic E-state index is 13.2. The number of nitrogens with zero attached hydrogens (tertiary/aromatic N) is 1. The highest BCUT2D eigenvalue weighted by Gasteiger charge is 2.11. The van der Waals surface area contributed by atoms with Crippen molar-refractivity contribution in [2.24, 2.45) is 0 Å². The van der Waals surface area contributed by atoms with Crippen molar-refractivity contribution in [2.45, 2.75) is 19.3 Å². The molecule has 0 N–H and O–H groups in total. The number of hydrogen-bond donors (Lipinski definition) is 0. The number of halogens is 1. The lowest BCUT2D eigenvalue weighted by Gasteiger charge is -2.11. The molecule has 0 heterocycles. The molecular formula is C18H18FNO2. The molecular weight excluding hydrogens is 281 g/mol. The van der Waals surface area contributed by atoms with Crippen molar-refractivity contribution >= 4 is 0 Å². The van der Waals surface area contributed by atoms with Crippen molar-refractivity contribution < 1.29 is 13.9 Å². The fourth-order valence-corrected chi connectivity index (χ4v) is 2.12. The van der Waals surface area contributed by atoms with E-state index in [2.05, 4.69) is 6.07 Å². The molecule has 0 spiro atoms. The second-order valence-electron chi connectivity index (χ2n) is 4.78. The van der Waals surface area contributed by atoms with Gasteiger partial charge in [-0.05, 0) is 48.9 Å². The molecule has 0 aliphatic rings. The molecule has 1 atom stereocenters. The third-order valence-electron chi connectivity index (χ3n) is 3.22. The molecule has 0 radical (unpaired) electrons. The Morgan fingerprint density at radius 2 is 1.77 bits per heavy atom. The molecule has 0 saturated carbocycles. The maximum absolute atomic E-state index is 13.2. The second kappa shape index (κ2) is 8.04. The summed E-state index contributed by atoms with van der Waals surface area (Å²) >= 11 is 0. The summed E-state index contributed by atoms with van der Waals surface area (Å²) in [6.45, 7) is 2.94. The zero-order valence-corrected chi connectivity index (χ0v) is 12.5. The van der Waals surface area contributed by atoms with Gasteiger partial charge in [-0.25, -0.2) is 4.39 Å². The van der Waals surface area contributed by atoms with Gasteiger partial charge in [-0.1, -0.05) is 12.1 Å². The molecule has 0 aliphatic heterocycles. The van der Waals surface area contributed by atoms with E-state index < -0.39 is 0 Å². The second-order valence-corrected chi connectivity index (χ2v) is 4.78. The Kier molecular flexibility index (Phi) is 5.79. The lowest BCUT2D eigenvalue weighted by Crippen LogP contribution is -2.05. The highest BCUT2D eigenvalue weighted by molar-refractivity contribution is 5.31. The Labute approximate surface area is 129 Å². The SMILES string of the molecule is CCOc1ccc(OCCC(C#N)c2cccc(F)c2)cc1. The first kappa shape index (κ1) is 15.8. The average molecular weight is 299 g/mol. The van der Waals surface area contributed by atoms with Gasteiger partial charge in [-0.15, -0.1) is 0 Å². The van der Waals surface area contributed by atoms with E-state index in [1.54, 1.807) is 12.1 Å². The molecule has 0 saturated heterocycles. The fraction of sp³-hybridized carbons (Fsp3) is 0.278. The van der Waals surface area contributed by atoms with Gasteiger partial charge in [0.1, 0.15) is 17.3 Å². The molecule has 1 unspecified atom stereocenters. The van der Waals surface area contributed by atoms with Crippen LogP contribution in [-0.4, -0.2) is 13.2 Å². The first-order valence-corrected chi connectivity index (χ1v) is 7.23. The Morgan fingerprint density at radius 1 is 1.09 bits per heavy atom. The highest BCUT2D eigenvalue weighted by atomic mass is 19.1. The first-order valence-electron chi connectivity index (χ1n) is 7.23. The van der Waals surface area contributed by atoms with E-state index in [1.807, 2.05) is 31.2 Å². The third kappa shape index (κ3) is 4.49. The number of nitriles is 1. The fourth-order valence-electron chi connectivity index (χ4n) is 2.12. The number of ether oxygens (including phenoxy) is 2. The summed E-state index contributed by atoms with van der Waals surface area (Å²) in [7, 11) is 0. The quantitative estimate of drug-likeness (QED) is 0.765. The molecule has 0 fully saturated rings. The van der Waals surface area contributed by atoms with Crippen molar-refractivity contribution in [1.29, 1.82) is 5.26 Å². The standard InChI is InChI=1S/C18H18FNO2/c1-2-21-17-6-8-18(9-7-17)22-11-10-15(13-20)14-4-3-5-16(19)12-14/h3-9,12,15H,2,10-11H2,1H3. The van der Waals surface area contributed by atoms with Crippen LogP contribution in [0.25, 0.3) is 0 Å². The summed E-state index contributed by atoms with van der Waals surface area (Å²) in [6, 6.07) is 15.7. The minimum atomic E-state index is -0.376. The summed E-state index contributed by atoms with van der Waals surface area (Å²) in [5, 5.41) is 9.22. The van der Waals surface area contributed by atoms with Crippen molar-refractivity contribution in [1.82, 2.24) is 0 Å². The average Bonchev–Trinajstić information content (AvgIpc) is 2.53. The van der Waals surface area contributed by atoms with Crippen LogP contribution in [0.5, 0.6) is 11.5 Å². The lowest BCUT2D eigenvalue weighted by atomic mass is 9.98. The summed E-state index contributed by atoms with van der Waals surface area (Å²) in [4.78, 5) is 0. The van der Waals surface area contributed by atoms with Crippen molar-refractivity contribution in [3.63, 3.8) is 0 Å². The Hall–Kier alpha value is -2.54. The topological polar surface area (TPSA) is 42.2 Å². The van der Waals surface area contributed by atoms with Crippen LogP contribution in [0, 0.1) is 17.1 Å². The molecule has 0 aromatic heterocycles. The van der Waals surface area contributed by atoms with E-state index in [4.69, 9.17) is 9.47 Å². The van der Waals surface area contributed by atoms with E-state index in [-0.39, 0.29) is 11.7 Å². The minimum Gasteiger partial charge on any atom is -0.494 e. The normalized spacial score (nSPS) is 11.5. The predicted molar refractivity (Wildman–Crippen MR) is 82.5 cm³/mol. The van der Waals surface area contributed by atoms with Gasteiger partial charge in [0.25, 0.3) is 0 Å². The summed E-state index contributed by atoms with van der Waals surface area (Å²) < 4.78 is 24.2. The molecule has 0 bridgehead atoms. The smallest absolute Gasteiger partial charge is 0.123 e. The van der Waals surface area contributed by atoms with E-state index >= 15 is 0 Å². The van der Waals surface area contributed by atoms with Gasteiger partial charge < -0.3 is 9.47 Å². The van der Waals surface area contributed by atoms with Crippen molar-refractivity contribution in [3.05, 3.63) is 59.9 Å². The maximum Gasteiger partial charge on any atom is 0.123 e. The van der Waals surface area contributed by atoms with Gasteiger partial charge in [-0.3, -0.25) is 0 Å². The van der Waals surface area contributed by atoms with Gasteiger partial charge in [0, 0.05) is 6.42 Å². The van der Waals surface area contributed by atoms with Gasteiger partial charge in [0.15, 0.2) is 0 Å². The van der Waals surface area contributed by atoms with Crippen molar-refractivity contribution in [3.8, 4) is 17.6 Å². The highest BCUT2D eigenvalue weighted by Crippen LogP contribution is 2.22. The van der Waals surface area contributed by atoms with Crippen molar-refractivity contribution in [2.75, 3.05) is 13.2 Å². The van der Waals surface area contributed by atoms with E-state index in [0.717, 1.165) is 11.5 Å². The largest absolute Gasteiger partial charge is 0.494 e. The van der Waals surface area contributed by atoms with Gasteiger partial charge in [-0.2, -0.15) is 5.26 Å². The van der Waals surface area contributed by atoms with Crippen LogP contribution in [0.15, 0.2) is 48.5 Å².